The monoisotopic (exact) mass is 301 g/mol. The van der Waals surface area contributed by atoms with E-state index < -0.39 is 10.0 Å². The Bertz CT molecular complexity index is 578. The molecule has 0 atom stereocenters. The van der Waals surface area contributed by atoms with Crippen LogP contribution < -0.4 is 15.8 Å². The first-order valence-corrected chi connectivity index (χ1v) is 8.02. The fourth-order valence-electron chi connectivity index (χ4n) is 1.45. The maximum Gasteiger partial charge on any atom is 0.213 e. The van der Waals surface area contributed by atoms with Gasteiger partial charge in [-0.15, -0.1) is 0 Å². The molecule has 114 valence electrons. The molecular formula is C12H23N5O2S. The predicted molar refractivity (Wildman–Crippen MR) is 81.2 cm³/mol. The molecule has 0 saturated carbocycles. The second kappa shape index (κ2) is 5.92. The van der Waals surface area contributed by atoms with Gasteiger partial charge in [0, 0.05) is 17.5 Å². The lowest BCUT2D eigenvalue weighted by atomic mass is 9.95. The van der Waals surface area contributed by atoms with E-state index in [9.17, 15) is 8.42 Å². The molecule has 0 radical (unpaired) electrons. The highest BCUT2D eigenvalue weighted by Crippen LogP contribution is 2.24. The number of aromatic nitrogens is 2. The van der Waals surface area contributed by atoms with Gasteiger partial charge in [0.05, 0.1) is 5.75 Å². The van der Waals surface area contributed by atoms with Gasteiger partial charge >= 0.3 is 0 Å². The number of hydrogen-bond donors (Lipinski definition) is 3. The van der Waals surface area contributed by atoms with Gasteiger partial charge in [0.2, 0.25) is 10.0 Å². The van der Waals surface area contributed by atoms with Crippen molar-refractivity contribution in [1.82, 2.24) is 14.7 Å². The fraction of sp³-hybridized carbons (Fsp3) is 0.667. The molecule has 0 unspecified atom stereocenters. The molecule has 8 heteroatoms. The van der Waals surface area contributed by atoms with E-state index >= 15 is 0 Å². The van der Waals surface area contributed by atoms with Crippen molar-refractivity contribution in [2.45, 2.75) is 33.1 Å². The van der Waals surface area contributed by atoms with Gasteiger partial charge in [0.25, 0.3) is 0 Å². The lowest BCUT2D eigenvalue weighted by Crippen LogP contribution is -2.27. The van der Waals surface area contributed by atoms with Crippen molar-refractivity contribution < 1.29 is 8.42 Å². The number of rotatable bonds is 5. The zero-order chi connectivity index (χ0) is 15.6. The van der Waals surface area contributed by atoms with E-state index in [4.69, 9.17) is 5.73 Å². The molecule has 0 aliphatic heterocycles. The zero-order valence-electron chi connectivity index (χ0n) is 12.6. The molecule has 1 heterocycles. The van der Waals surface area contributed by atoms with Crippen molar-refractivity contribution >= 4 is 21.7 Å². The summed E-state index contributed by atoms with van der Waals surface area (Å²) < 4.78 is 25.0. The Balaban J connectivity index is 2.93. The Morgan fingerprint density at radius 3 is 2.35 bits per heavy atom. The van der Waals surface area contributed by atoms with Crippen LogP contribution in [0.5, 0.6) is 0 Å². The molecule has 0 aromatic carbocycles. The van der Waals surface area contributed by atoms with Crippen molar-refractivity contribution in [2.24, 2.45) is 0 Å². The number of nitrogen functional groups attached to an aromatic ring is 1. The fourth-order valence-corrected chi connectivity index (χ4v) is 2.02. The molecule has 0 amide bonds. The average molecular weight is 301 g/mol. The second-order valence-electron chi connectivity index (χ2n) is 5.61. The van der Waals surface area contributed by atoms with E-state index in [1.165, 1.54) is 7.05 Å². The maximum atomic E-state index is 11.4. The van der Waals surface area contributed by atoms with Crippen LogP contribution in [0.15, 0.2) is 0 Å². The van der Waals surface area contributed by atoms with Crippen LogP contribution in [-0.2, 0) is 15.4 Å². The Morgan fingerprint density at radius 2 is 1.85 bits per heavy atom. The van der Waals surface area contributed by atoms with E-state index in [2.05, 4.69) is 20.0 Å². The van der Waals surface area contributed by atoms with Crippen LogP contribution in [0.25, 0.3) is 0 Å². The number of nitrogens with one attached hydrogen (secondary N) is 2. The molecule has 20 heavy (non-hydrogen) atoms. The molecule has 0 bridgehead atoms. The van der Waals surface area contributed by atoms with Gasteiger partial charge in [-0.25, -0.2) is 23.1 Å². The summed E-state index contributed by atoms with van der Waals surface area (Å²) in [7, 11) is -1.85. The quantitative estimate of drug-likeness (QED) is 0.735. The summed E-state index contributed by atoms with van der Waals surface area (Å²) in [5, 5.41) is 3.01. The molecule has 1 aromatic rings. The lowest BCUT2D eigenvalue weighted by Gasteiger charge is -2.19. The smallest absolute Gasteiger partial charge is 0.213 e. The minimum Gasteiger partial charge on any atom is -0.383 e. The number of nitrogens with two attached hydrogens (primary N) is 1. The highest BCUT2D eigenvalue weighted by atomic mass is 32.2. The summed E-state index contributed by atoms with van der Waals surface area (Å²) in [5.41, 5.74) is 6.38. The molecule has 0 aliphatic rings. The molecule has 1 aromatic heterocycles. The Morgan fingerprint density at radius 1 is 1.25 bits per heavy atom. The van der Waals surface area contributed by atoms with Gasteiger partial charge in [-0.05, 0) is 14.0 Å². The number of hydrogen-bond acceptors (Lipinski definition) is 6. The largest absolute Gasteiger partial charge is 0.383 e. The minimum absolute atomic E-state index is 0.0301. The Hall–Kier alpha value is -1.41. The predicted octanol–water partition coefficient (Wildman–Crippen LogP) is 0.626. The molecular weight excluding hydrogens is 278 g/mol. The van der Waals surface area contributed by atoms with Gasteiger partial charge < -0.3 is 11.1 Å². The van der Waals surface area contributed by atoms with E-state index in [0.717, 1.165) is 5.56 Å². The summed E-state index contributed by atoms with van der Waals surface area (Å²) in [5.74, 6) is 1.58. The SMILES string of the molecule is CNS(=O)(=O)CCNc1nc(C(C)(C)C)nc(N)c1C. The third-order valence-corrected chi connectivity index (χ3v) is 4.19. The molecule has 4 N–H and O–H groups in total. The van der Waals surface area contributed by atoms with Crippen LogP contribution in [0.3, 0.4) is 0 Å². The lowest BCUT2D eigenvalue weighted by molar-refractivity contribution is 0.546. The van der Waals surface area contributed by atoms with Crippen molar-refractivity contribution in [1.29, 1.82) is 0 Å². The summed E-state index contributed by atoms with van der Waals surface area (Å²) in [6.45, 7) is 8.03. The van der Waals surface area contributed by atoms with Crippen molar-refractivity contribution in [3.63, 3.8) is 0 Å². The first kappa shape index (κ1) is 16.6. The molecule has 1 rings (SSSR count). The molecule has 7 nitrogen and oxygen atoms in total. The van der Waals surface area contributed by atoms with Gasteiger partial charge in [-0.2, -0.15) is 0 Å². The summed E-state index contributed by atoms with van der Waals surface area (Å²) in [6, 6.07) is 0. The van der Waals surface area contributed by atoms with Crippen LogP contribution in [-0.4, -0.2) is 37.7 Å². The minimum atomic E-state index is -3.24. The average Bonchev–Trinajstić information content (AvgIpc) is 2.32. The van der Waals surface area contributed by atoms with E-state index in [-0.39, 0.29) is 17.7 Å². The van der Waals surface area contributed by atoms with Crippen LogP contribution in [0.2, 0.25) is 0 Å². The van der Waals surface area contributed by atoms with Gasteiger partial charge in [0.15, 0.2) is 0 Å². The highest BCUT2D eigenvalue weighted by molar-refractivity contribution is 7.89. The summed E-state index contributed by atoms with van der Waals surface area (Å²) in [4.78, 5) is 8.71. The maximum absolute atomic E-state index is 11.4. The number of sulfonamides is 1. The summed E-state index contributed by atoms with van der Waals surface area (Å²) in [6.07, 6.45) is 0. The molecule has 0 aliphatic carbocycles. The Labute approximate surface area is 120 Å². The highest BCUT2D eigenvalue weighted by Gasteiger charge is 2.20. The second-order valence-corrected chi connectivity index (χ2v) is 7.65. The van der Waals surface area contributed by atoms with Crippen molar-refractivity contribution in [2.75, 3.05) is 30.4 Å². The van der Waals surface area contributed by atoms with E-state index in [1.807, 2.05) is 20.8 Å². The topological polar surface area (TPSA) is 110 Å². The first-order valence-electron chi connectivity index (χ1n) is 6.36. The van der Waals surface area contributed by atoms with Crippen LogP contribution in [0.4, 0.5) is 11.6 Å². The van der Waals surface area contributed by atoms with Crippen molar-refractivity contribution in [3.05, 3.63) is 11.4 Å². The molecule has 0 saturated heterocycles. The molecule has 0 fully saturated rings. The number of nitrogens with zero attached hydrogens (tertiary/aromatic N) is 2. The standard InChI is InChI=1S/C12H23N5O2S/c1-8-9(13)16-11(12(2,3)4)17-10(8)15-6-7-20(18,19)14-5/h14H,6-7H2,1-5H3,(H3,13,15,16,17). The van der Waals surface area contributed by atoms with Gasteiger partial charge in [-0.3, -0.25) is 0 Å². The van der Waals surface area contributed by atoms with Crippen LogP contribution in [0.1, 0.15) is 32.2 Å². The first-order chi connectivity index (χ1) is 9.07. The Kier molecular flexibility index (Phi) is 4.93. The van der Waals surface area contributed by atoms with E-state index in [0.29, 0.717) is 17.5 Å². The zero-order valence-corrected chi connectivity index (χ0v) is 13.4. The summed E-state index contributed by atoms with van der Waals surface area (Å²) >= 11 is 0. The van der Waals surface area contributed by atoms with Crippen molar-refractivity contribution in [3.8, 4) is 0 Å². The normalized spacial score (nSPS) is 12.4. The third kappa shape index (κ3) is 4.31. The van der Waals surface area contributed by atoms with Crippen LogP contribution in [0, 0.1) is 6.92 Å². The van der Waals surface area contributed by atoms with E-state index in [1.54, 1.807) is 6.92 Å². The number of anilines is 2. The third-order valence-electron chi connectivity index (χ3n) is 2.83. The van der Waals surface area contributed by atoms with Crippen LogP contribution >= 0.6 is 0 Å². The van der Waals surface area contributed by atoms with Gasteiger partial charge in [0.1, 0.15) is 17.5 Å². The van der Waals surface area contributed by atoms with Gasteiger partial charge in [-0.1, -0.05) is 20.8 Å². The molecule has 0 spiro atoms.